The van der Waals surface area contributed by atoms with Crippen LogP contribution >= 0.6 is 11.3 Å². The molecule has 2 nitrogen and oxygen atoms in total. The molecule has 0 aliphatic carbocycles. The van der Waals surface area contributed by atoms with Crippen LogP contribution in [0.25, 0.3) is 0 Å². The highest BCUT2D eigenvalue weighted by Gasteiger charge is 2.35. The van der Waals surface area contributed by atoms with Crippen molar-refractivity contribution < 1.29 is 0 Å². The van der Waals surface area contributed by atoms with E-state index in [1.807, 2.05) is 11.3 Å². The average molecular weight is 236 g/mol. The summed E-state index contributed by atoms with van der Waals surface area (Å²) in [6, 6.07) is 4.61. The summed E-state index contributed by atoms with van der Waals surface area (Å²) in [5, 5.41) is 3.50. The van der Waals surface area contributed by atoms with Gasteiger partial charge in [0.15, 0.2) is 0 Å². The van der Waals surface area contributed by atoms with E-state index >= 15 is 0 Å². The van der Waals surface area contributed by atoms with Gasteiger partial charge in [-0.15, -0.1) is 11.3 Å². The lowest BCUT2D eigenvalue weighted by Gasteiger charge is -2.15. The number of nitrogens with zero attached hydrogens (tertiary/aromatic N) is 1. The molecule has 16 heavy (non-hydrogen) atoms. The fraction of sp³-hybridized carbons (Fsp3) is 0.692. The molecule has 88 valence electrons. The lowest BCUT2D eigenvalue weighted by Crippen LogP contribution is -2.25. The first kappa shape index (κ1) is 10.8. The van der Waals surface area contributed by atoms with Gasteiger partial charge in [-0.25, -0.2) is 0 Å². The zero-order valence-electron chi connectivity index (χ0n) is 9.91. The Morgan fingerprint density at radius 3 is 2.56 bits per heavy atom. The van der Waals surface area contributed by atoms with Crippen LogP contribution in [0.1, 0.15) is 16.7 Å². The molecule has 2 aliphatic rings. The molecule has 0 aromatic carbocycles. The van der Waals surface area contributed by atoms with E-state index in [4.69, 9.17) is 0 Å². The number of nitrogens with one attached hydrogen (secondary N) is 1. The number of thiophene rings is 1. The molecule has 3 heteroatoms. The number of hydrogen-bond donors (Lipinski definition) is 1. The number of rotatable bonds is 3. The molecule has 0 amide bonds. The Morgan fingerprint density at radius 2 is 1.94 bits per heavy atom. The van der Waals surface area contributed by atoms with Gasteiger partial charge in [0.05, 0.1) is 0 Å². The van der Waals surface area contributed by atoms with Gasteiger partial charge in [0.1, 0.15) is 0 Å². The number of hydrogen-bond acceptors (Lipinski definition) is 3. The van der Waals surface area contributed by atoms with Gasteiger partial charge in [-0.2, -0.15) is 0 Å². The highest BCUT2D eigenvalue weighted by Crippen LogP contribution is 2.28. The molecule has 2 atom stereocenters. The summed E-state index contributed by atoms with van der Waals surface area (Å²) in [5.74, 6) is 1.84. The standard InChI is InChI=1S/C13H20N2S/c1-2-12-3-4-13(16-12)9-15-7-10-5-14-6-11(10)8-15/h3-4,10-11,14H,2,5-9H2,1H3. The van der Waals surface area contributed by atoms with Gasteiger partial charge in [-0.1, -0.05) is 6.92 Å². The Morgan fingerprint density at radius 1 is 1.25 bits per heavy atom. The quantitative estimate of drug-likeness (QED) is 0.863. The smallest absolute Gasteiger partial charge is 0.0328 e. The van der Waals surface area contributed by atoms with Gasteiger partial charge < -0.3 is 5.32 Å². The number of aryl methyl sites for hydroxylation is 1. The van der Waals surface area contributed by atoms with Crippen LogP contribution in [0.5, 0.6) is 0 Å². The summed E-state index contributed by atoms with van der Waals surface area (Å²) in [4.78, 5) is 5.71. The Kier molecular flexibility index (Phi) is 3.01. The van der Waals surface area contributed by atoms with Crippen LogP contribution in [0.15, 0.2) is 12.1 Å². The van der Waals surface area contributed by atoms with E-state index in [0.29, 0.717) is 0 Å². The summed E-state index contributed by atoms with van der Waals surface area (Å²) < 4.78 is 0. The number of fused-ring (bicyclic) bond motifs is 1. The van der Waals surface area contributed by atoms with Crippen molar-refractivity contribution in [3.63, 3.8) is 0 Å². The molecule has 2 unspecified atom stereocenters. The first-order valence-electron chi connectivity index (χ1n) is 6.36. The molecule has 2 saturated heterocycles. The first-order valence-corrected chi connectivity index (χ1v) is 7.17. The fourth-order valence-corrected chi connectivity index (χ4v) is 4.00. The van der Waals surface area contributed by atoms with E-state index in [2.05, 4.69) is 29.3 Å². The van der Waals surface area contributed by atoms with Crippen LogP contribution < -0.4 is 5.32 Å². The van der Waals surface area contributed by atoms with E-state index in [0.717, 1.165) is 11.8 Å². The van der Waals surface area contributed by atoms with Crippen molar-refractivity contribution in [1.82, 2.24) is 10.2 Å². The largest absolute Gasteiger partial charge is 0.316 e. The van der Waals surface area contributed by atoms with Crippen LogP contribution in [0.2, 0.25) is 0 Å². The Labute approximate surface area is 102 Å². The monoisotopic (exact) mass is 236 g/mol. The summed E-state index contributed by atoms with van der Waals surface area (Å²) in [5.41, 5.74) is 0. The van der Waals surface area contributed by atoms with Crippen molar-refractivity contribution in [1.29, 1.82) is 0 Å². The predicted octanol–water partition coefficient (Wildman–Crippen LogP) is 1.96. The molecule has 0 saturated carbocycles. The van der Waals surface area contributed by atoms with Crippen LogP contribution in [-0.2, 0) is 13.0 Å². The maximum Gasteiger partial charge on any atom is 0.0328 e. The Hall–Kier alpha value is -0.380. The zero-order valence-corrected chi connectivity index (χ0v) is 10.7. The molecule has 1 N–H and O–H groups in total. The highest BCUT2D eigenvalue weighted by atomic mass is 32.1. The topological polar surface area (TPSA) is 15.3 Å². The van der Waals surface area contributed by atoms with Gasteiger partial charge in [0.2, 0.25) is 0 Å². The molecule has 0 bridgehead atoms. The minimum Gasteiger partial charge on any atom is -0.316 e. The van der Waals surface area contributed by atoms with Crippen LogP contribution in [0.4, 0.5) is 0 Å². The van der Waals surface area contributed by atoms with Crippen molar-refractivity contribution in [2.45, 2.75) is 19.9 Å². The van der Waals surface area contributed by atoms with Gasteiger partial charge >= 0.3 is 0 Å². The second-order valence-electron chi connectivity index (χ2n) is 5.09. The summed E-state index contributed by atoms with van der Waals surface area (Å²) in [7, 11) is 0. The summed E-state index contributed by atoms with van der Waals surface area (Å²) in [6.07, 6.45) is 1.18. The minimum absolute atomic E-state index is 0.922. The third kappa shape index (κ3) is 2.04. The van der Waals surface area contributed by atoms with Gasteiger partial charge in [0.25, 0.3) is 0 Å². The van der Waals surface area contributed by atoms with E-state index in [1.165, 1.54) is 44.0 Å². The molecule has 0 spiro atoms. The van der Waals surface area contributed by atoms with Crippen LogP contribution in [-0.4, -0.2) is 31.1 Å². The zero-order chi connectivity index (χ0) is 11.0. The molecule has 1 aromatic heterocycles. The minimum atomic E-state index is 0.922. The summed E-state index contributed by atoms with van der Waals surface area (Å²) >= 11 is 1.99. The van der Waals surface area contributed by atoms with E-state index < -0.39 is 0 Å². The molecule has 3 heterocycles. The number of likely N-dealkylation sites (tertiary alicyclic amines) is 1. The molecule has 2 aliphatic heterocycles. The second kappa shape index (κ2) is 4.47. The van der Waals surface area contributed by atoms with Crippen molar-refractivity contribution in [3.05, 3.63) is 21.9 Å². The van der Waals surface area contributed by atoms with E-state index in [1.54, 1.807) is 4.88 Å². The lowest BCUT2D eigenvalue weighted by molar-refractivity contribution is 0.308. The average Bonchev–Trinajstić information content (AvgIpc) is 2.92. The molecular formula is C13H20N2S. The Balaban J connectivity index is 1.59. The molecule has 0 radical (unpaired) electrons. The SMILES string of the molecule is CCc1ccc(CN2CC3CNCC3C2)s1. The third-order valence-electron chi connectivity index (χ3n) is 3.91. The van der Waals surface area contributed by atoms with Crippen LogP contribution in [0.3, 0.4) is 0 Å². The van der Waals surface area contributed by atoms with Crippen LogP contribution in [0, 0.1) is 11.8 Å². The predicted molar refractivity (Wildman–Crippen MR) is 68.8 cm³/mol. The molecule has 2 fully saturated rings. The van der Waals surface area contributed by atoms with Crippen molar-refractivity contribution in [2.24, 2.45) is 11.8 Å². The maximum atomic E-state index is 3.50. The molecule has 3 rings (SSSR count). The molecular weight excluding hydrogens is 216 g/mol. The van der Waals surface area contributed by atoms with E-state index in [-0.39, 0.29) is 0 Å². The maximum absolute atomic E-state index is 3.50. The fourth-order valence-electron chi connectivity index (χ4n) is 3.00. The van der Waals surface area contributed by atoms with Gasteiger partial charge in [-0.3, -0.25) is 4.90 Å². The molecule has 1 aromatic rings. The Bertz CT molecular complexity index is 349. The van der Waals surface area contributed by atoms with Crippen molar-refractivity contribution in [2.75, 3.05) is 26.2 Å². The normalized spacial score (nSPS) is 29.8. The third-order valence-corrected chi connectivity index (χ3v) is 5.12. The lowest BCUT2D eigenvalue weighted by atomic mass is 10.0. The van der Waals surface area contributed by atoms with Crippen molar-refractivity contribution in [3.8, 4) is 0 Å². The first-order chi connectivity index (χ1) is 7.85. The highest BCUT2D eigenvalue weighted by molar-refractivity contribution is 7.11. The summed E-state index contributed by atoms with van der Waals surface area (Å²) in [6.45, 7) is 8.50. The van der Waals surface area contributed by atoms with Crippen molar-refractivity contribution >= 4 is 11.3 Å². The second-order valence-corrected chi connectivity index (χ2v) is 6.35. The van der Waals surface area contributed by atoms with Gasteiger partial charge in [0, 0.05) is 29.4 Å². The van der Waals surface area contributed by atoms with Gasteiger partial charge in [-0.05, 0) is 43.5 Å². The van der Waals surface area contributed by atoms with E-state index in [9.17, 15) is 0 Å².